The Labute approximate surface area is 176 Å². The fourth-order valence-electron chi connectivity index (χ4n) is 4.65. The zero-order chi connectivity index (χ0) is 21.3. The van der Waals surface area contributed by atoms with Crippen LogP contribution < -0.4 is 5.32 Å². The van der Waals surface area contributed by atoms with Crippen LogP contribution in [0.5, 0.6) is 0 Å². The number of aromatic carboxylic acids is 1. The molecule has 4 nitrogen and oxygen atoms in total. The first-order valence-corrected chi connectivity index (χ1v) is 10.4. The van der Waals surface area contributed by atoms with Gasteiger partial charge in [-0.2, -0.15) is 0 Å². The maximum Gasteiger partial charge on any atom is 0.337 e. The average molecular weight is 407 g/mol. The van der Waals surface area contributed by atoms with Crippen molar-refractivity contribution in [3.05, 3.63) is 93.6 Å². The first-order valence-electron chi connectivity index (χ1n) is 10.4. The van der Waals surface area contributed by atoms with Gasteiger partial charge in [-0.15, -0.1) is 0 Å². The summed E-state index contributed by atoms with van der Waals surface area (Å²) in [5.41, 5.74) is 6.49. The molecule has 0 amide bonds. The summed E-state index contributed by atoms with van der Waals surface area (Å²) in [5, 5.41) is 13.5. The molecule has 1 aliphatic carbocycles. The van der Waals surface area contributed by atoms with Crippen molar-refractivity contribution in [3.8, 4) is 0 Å². The highest BCUT2D eigenvalue weighted by atomic mass is 19.1. The van der Waals surface area contributed by atoms with Crippen molar-refractivity contribution in [2.45, 2.75) is 52.2 Å². The normalized spacial score (nSPS) is 15.8. The number of hydrogen-bond donors (Lipinski definition) is 2. The van der Waals surface area contributed by atoms with E-state index in [1.54, 1.807) is 12.1 Å². The number of rotatable bonds is 6. The number of carboxylic acids is 1. The molecule has 3 aromatic rings. The molecule has 1 aromatic heterocycles. The second-order valence-electron chi connectivity index (χ2n) is 8.07. The van der Waals surface area contributed by atoms with E-state index in [1.165, 1.54) is 23.3 Å². The van der Waals surface area contributed by atoms with E-state index < -0.39 is 5.97 Å². The Hall–Kier alpha value is -2.92. The van der Waals surface area contributed by atoms with Crippen molar-refractivity contribution in [1.29, 1.82) is 0 Å². The van der Waals surface area contributed by atoms with E-state index in [0.717, 1.165) is 41.8 Å². The predicted molar refractivity (Wildman–Crippen MR) is 115 cm³/mol. The van der Waals surface area contributed by atoms with Gasteiger partial charge in [-0.3, -0.25) is 0 Å². The van der Waals surface area contributed by atoms with Gasteiger partial charge in [0.15, 0.2) is 0 Å². The summed E-state index contributed by atoms with van der Waals surface area (Å²) in [6.45, 7) is 4.84. The third-order valence-electron chi connectivity index (χ3n) is 6.27. The van der Waals surface area contributed by atoms with Crippen molar-refractivity contribution in [2.24, 2.45) is 0 Å². The number of hydrogen-bond acceptors (Lipinski definition) is 2. The van der Waals surface area contributed by atoms with E-state index in [0.29, 0.717) is 18.7 Å². The Kier molecular flexibility index (Phi) is 5.73. The summed E-state index contributed by atoms with van der Waals surface area (Å²) in [5.74, 6) is -1.18. The lowest BCUT2D eigenvalue weighted by atomic mass is 9.87. The van der Waals surface area contributed by atoms with E-state index in [2.05, 4.69) is 29.6 Å². The van der Waals surface area contributed by atoms with E-state index in [4.69, 9.17) is 0 Å². The fourth-order valence-corrected chi connectivity index (χ4v) is 4.65. The highest BCUT2D eigenvalue weighted by Crippen LogP contribution is 2.31. The van der Waals surface area contributed by atoms with Crippen LogP contribution in [0.4, 0.5) is 4.39 Å². The number of carboxylic acid groups (broad SMARTS) is 1. The van der Waals surface area contributed by atoms with Crippen LogP contribution in [0, 0.1) is 19.7 Å². The van der Waals surface area contributed by atoms with Crippen LogP contribution in [0.25, 0.3) is 0 Å². The van der Waals surface area contributed by atoms with Gasteiger partial charge in [-0.25, -0.2) is 9.18 Å². The molecule has 0 bridgehead atoms. The lowest BCUT2D eigenvalue weighted by Crippen LogP contribution is -2.25. The van der Waals surface area contributed by atoms with Crippen molar-refractivity contribution in [3.63, 3.8) is 0 Å². The van der Waals surface area contributed by atoms with Gasteiger partial charge in [-0.05, 0) is 61.9 Å². The summed E-state index contributed by atoms with van der Waals surface area (Å²) in [7, 11) is 0. The van der Waals surface area contributed by atoms with Gasteiger partial charge in [0, 0.05) is 36.1 Å². The van der Waals surface area contributed by atoms with Crippen LogP contribution >= 0.6 is 0 Å². The van der Waals surface area contributed by atoms with Gasteiger partial charge in [0.2, 0.25) is 0 Å². The zero-order valence-electron chi connectivity index (χ0n) is 17.4. The molecule has 4 rings (SSSR count). The second-order valence-corrected chi connectivity index (χ2v) is 8.07. The SMILES string of the molecule is Cc1c(CN[C@H]2CCCc3ccccc32)c(C(=O)O)c(C)n1Cc1ccc(F)cc1. The average Bonchev–Trinajstić information content (AvgIpc) is 2.98. The number of nitrogens with one attached hydrogen (secondary N) is 1. The summed E-state index contributed by atoms with van der Waals surface area (Å²) < 4.78 is 15.3. The zero-order valence-corrected chi connectivity index (χ0v) is 17.4. The van der Waals surface area contributed by atoms with Gasteiger partial charge < -0.3 is 15.0 Å². The van der Waals surface area contributed by atoms with Crippen LogP contribution in [0.2, 0.25) is 0 Å². The minimum atomic E-state index is -0.908. The van der Waals surface area contributed by atoms with E-state index >= 15 is 0 Å². The molecular weight excluding hydrogens is 379 g/mol. The Morgan fingerprint density at radius 1 is 1.13 bits per heavy atom. The fraction of sp³-hybridized carbons (Fsp3) is 0.320. The van der Waals surface area contributed by atoms with Crippen molar-refractivity contribution >= 4 is 5.97 Å². The summed E-state index contributed by atoms with van der Waals surface area (Å²) in [6, 6.07) is 15.1. The lowest BCUT2D eigenvalue weighted by Gasteiger charge is -2.26. The Bertz CT molecular complexity index is 1070. The molecule has 2 aromatic carbocycles. The highest BCUT2D eigenvalue weighted by molar-refractivity contribution is 5.91. The summed E-state index contributed by atoms with van der Waals surface area (Å²) in [4.78, 5) is 12.1. The molecule has 0 saturated carbocycles. The quantitative estimate of drug-likeness (QED) is 0.595. The molecule has 0 aliphatic heterocycles. The number of aryl methyl sites for hydroxylation is 1. The summed E-state index contributed by atoms with van der Waals surface area (Å²) in [6.07, 6.45) is 3.28. The number of halogens is 1. The first-order chi connectivity index (χ1) is 14.5. The van der Waals surface area contributed by atoms with Crippen molar-refractivity contribution in [1.82, 2.24) is 9.88 Å². The number of carbonyl (C=O) groups is 1. The minimum absolute atomic E-state index is 0.233. The Morgan fingerprint density at radius 3 is 2.60 bits per heavy atom. The topological polar surface area (TPSA) is 54.3 Å². The highest BCUT2D eigenvalue weighted by Gasteiger charge is 2.25. The van der Waals surface area contributed by atoms with Crippen LogP contribution in [-0.4, -0.2) is 15.6 Å². The number of nitrogens with zero attached hydrogens (tertiary/aromatic N) is 1. The number of fused-ring (bicyclic) bond motifs is 1. The molecule has 0 fully saturated rings. The number of benzene rings is 2. The Morgan fingerprint density at radius 2 is 1.87 bits per heavy atom. The third kappa shape index (κ3) is 3.90. The predicted octanol–water partition coefficient (Wildman–Crippen LogP) is 5.16. The maximum atomic E-state index is 13.2. The molecule has 0 spiro atoms. The standard InChI is InChI=1S/C25H27FN2O2/c1-16-22(14-27-23-9-5-7-19-6-3-4-8-21(19)23)24(25(29)30)17(2)28(16)15-18-10-12-20(26)13-11-18/h3-4,6,8,10-13,23,27H,5,7,9,14-15H2,1-2H3,(H,29,30)/t23-/m0/s1. The molecule has 0 unspecified atom stereocenters. The Balaban J connectivity index is 1.62. The van der Waals surface area contributed by atoms with E-state index in [1.807, 2.05) is 18.4 Å². The van der Waals surface area contributed by atoms with Crippen molar-refractivity contribution < 1.29 is 14.3 Å². The van der Waals surface area contributed by atoms with Crippen LogP contribution in [-0.2, 0) is 19.5 Å². The smallest absolute Gasteiger partial charge is 0.337 e. The van der Waals surface area contributed by atoms with Crippen LogP contribution in [0.1, 0.15) is 62.9 Å². The number of aromatic nitrogens is 1. The molecule has 30 heavy (non-hydrogen) atoms. The van der Waals surface area contributed by atoms with Gasteiger partial charge in [0.05, 0.1) is 5.56 Å². The van der Waals surface area contributed by atoms with E-state index in [9.17, 15) is 14.3 Å². The van der Waals surface area contributed by atoms with Gasteiger partial charge in [0.1, 0.15) is 5.82 Å². The monoisotopic (exact) mass is 406 g/mol. The molecule has 1 heterocycles. The molecular formula is C25H27FN2O2. The van der Waals surface area contributed by atoms with Crippen LogP contribution in [0.15, 0.2) is 48.5 Å². The molecule has 1 aliphatic rings. The van der Waals surface area contributed by atoms with Gasteiger partial charge in [0.25, 0.3) is 0 Å². The largest absolute Gasteiger partial charge is 0.478 e. The second kappa shape index (κ2) is 8.44. The molecule has 1 atom stereocenters. The summed E-state index contributed by atoms with van der Waals surface area (Å²) >= 11 is 0. The van der Waals surface area contributed by atoms with Gasteiger partial charge >= 0.3 is 5.97 Å². The van der Waals surface area contributed by atoms with Gasteiger partial charge in [-0.1, -0.05) is 36.4 Å². The van der Waals surface area contributed by atoms with Crippen LogP contribution in [0.3, 0.4) is 0 Å². The van der Waals surface area contributed by atoms with E-state index in [-0.39, 0.29) is 11.9 Å². The minimum Gasteiger partial charge on any atom is -0.478 e. The first kappa shape index (κ1) is 20.4. The molecule has 156 valence electrons. The molecule has 5 heteroatoms. The molecule has 2 N–H and O–H groups in total. The molecule has 0 saturated heterocycles. The lowest BCUT2D eigenvalue weighted by molar-refractivity contribution is 0.0694. The third-order valence-corrected chi connectivity index (χ3v) is 6.27. The molecule has 0 radical (unpaired) electrons. The van der Waals surface area contributed by atoms with Crippen molar-refractivity contribution in [2.75, 3.05) is 0 Å². The maximum absolute atomic E-state index is 13.2.